The SMILES string of the molecule is O=C(Nc1ccc(N2CCCS2(=O)=O)cc1)c1nccc2ccccc12. The number of carbonyl (C=O) groups is 1. The summed E-state index contributed by atoms with van der Waals surface area (Å²) >= 11 is 0. The molecular formula is C19H17N3O3S. The molecule has 3 aromatic rings. The van der Waals surface area contributed by atoms with Crippen LogP contribution in [0.1, 0.15) is 16.9 Å². The number of sulfonamides is 1. The third kappa shape index (κ3) is 3.01. The summed E-state index contributed by atoms with van der Waals surface area (Å²) in [5, 5.41) is 4.55. The van der Waals surface area contributed by atoms with Crippen LogP contribution >= 0.6 is 0 Å². The second kappa shape index (κ2) is 6.42. The Morgan fingerprint density at radius 2 is 1.81 bits per heavy atom. The van der Waals surface area contributed by atoms with Gasteiger partial charge in [-0.1, -0.05) is 24.3 Å². The summed E-state index contributed by atoms with van der Waals surface area (Å²) in [5.74, 6) is -0.124. The smallest absolute Gasteiger partial charge is 0.274 e. The average molecular weight is 367 g/mol. The van der Waals surface area contributed by atoms with Crippen LogP contribution in [0.25, 0.3) is 10.8 Å². The first-order valence-corrected chi connectivity index (χ1v) is 9.91. The van der Waals surface area contributed by atoms with Crippen LogP contribution in [0.15, 0.2) is 60.8 Å². The first kappa shape index (κ1) is 16.5. The van der Waals surface area contributed by atoms with E-state index in [4.69, 9.17) is 0 Å². The summed E-state index contributed by atoms with van der Waals surface area (Å²) in [6.45, 7) is 0.494. The molecule has 2 heterocycles. The maximum atomic E-state index is 12.6. The molecular weight excluding hydrogens is 350 g/mol. The van der Waals surface area contributed by atoms with Gasteiger partial charge in [0.2, 0.25) is 10.0 Å². The van der Waals surface area contributed by atoms with E-state index in [0.29, 0.717) is 30.0 Å². The zero-order chi connectivity index (χ0) is 18.1. The van der Waals surface area contributed by atoms with E-state index in [-0.39, 0.29) is 11.7 Å². The van der Waals surface area contributed by atoms with Crippen molar-refractivity contribution in [1.82, 2.24) is 4.98 Å². The van der Waals surface area contributed by atoms with Gasteiger partial charge in [0.1, 0.15) is 5.69 Å². The van der Waals surface area contributed by atoms with E-state index in [1.807, 2.05) is 30.3 Å². The number of aromatic nitrogens is 1. The van der Waals surface area contributed by atoms with E-state index in [0.717, 1.165) is 10.8 Å². The van der Waals surface area contributed by atoms with Gasteiger partial charge < -0.3 is 5.32 Å². The Bertz CT molecular complexity index is 1070. The molecule has 7 heteroatoms. The fourth-order valence-electron chi connectivity index (χ4n) is 3.13. The summed E-state index contributed by atoms with van der Waals surface area (Å²) in [4.78, 5) is 16.8. The van der Waals surface area contributed by atoms with Gasteiger partial charge in [0.05, 0.1) is 11.4 Å². The highest BCUT2D eigenvalue weighted by molar-refractivity contribution is 7.93. The van der Waals surface area contributed by atoms with Gasteiger partial charge in [-0.2, -0.15) is 0 Å². The lowest BCUT2D eigenvalue weighted by Crippen LogP contribution is -2.25. The van der Waals surface area contributed by atoms with Crippen LogP contribution < -0.4 is 9.62 Å². The highest BCUT2D eigenvalue weighted by Crippen LogP contribution is 2.25. The standard InChI is InChI=1S/C19H17N3O3S/c23-19(18-17-5-2-1-4-14(17)10-11-20-18)21-15-6-8-16(9-7-15)22-12-3-13-26(22,24)25/h1-2,4-11H,3,12-13H2,(H,21,23). The van der Waals surface area contributed by atoms with Crippen LogP contribution in [0.4, 0.5) is 11.4 Å². The van der Waals surface area contributed by atoms with Crippen molar-refractivity contribution in [3.8, 4) is 0 Å². The lowest BCUT2D eigenvalue weighted by Gasteiger charge is -2.17. The van der Waals surface area contributed by atoms with E-state index in [2.05, 4.69) is 10.3 Å². The molecule has 0 spiro atoms. The Balaban J connectivity index is 1.56. The number of carbonyl (C=O) groups excluding carboxylic acids is 1. The fraction of sp³-hybridized carbons (Fsp3) is 0.158. The molecule has 2 aromatic carbocycles. The molecule has 1 aliphatic heterocycles. The second-order valence-electron chi connectivity index (χ2n) is 6.12. The first-order chi connectivity index (χ1) is 12.5. The zero-order valence-corrected chi connectivity index (χ0v) is 14.7. The number of amides is 1. The van der Waals surface area contributed by atoms with Gasteiger partial charge in [-0.05, 0) is 42.1 Å². The minimum atomic E-state index is -3.21. The van der Waals surface area contributed by atoms with Crippen LogP contribution in [0.5, 0.6) is 0 Å². The molecule has 0 atom stereocenters. The lowest BCUT2D eigenvalue weighted by atomic mass is 10.1. The Kier molecular flexibility index (Phi) is 4.08. The van der Waals surface area contributed by atoms with E-state index >= 15 is 0 Å². The first-order valence-electron chi connectivity index (χ1n) is 8.30. The molecule has 4 rings (SSSR count). The largest absolute Gasteiger partial charge is 0.321 e. The van der Waals surface area contributed by atoms with E-state index in [1.165, 1.54) is 4.31 Å². The number of pyridine rings is 1. The number of hydrogen-bond donors (Lipinski definition) is 1. The van der Waals surface area contributed by atoms with Crippen LogP contribution in [-0.2, 0) is 10.0 Å². The van der Waals surface area contributed by atoms with Crippen molar-refractivity contribution in [1.29, 1.82) is 0 Å². The molecule has 1 aliphatic rings. The molecule has 0 radical (unpaired) electrons. The third-order valence-corrected chi connectivity index (χ3v) is 6.27. The Hall–Kier alpha value is -2.93. The zero-order valence-electron chi connectivity index (χ0n) is 13.9. The maximum absolute atomic E-state index is 12.6. The average Bonchev–Trinajstić information content (AvgIpc) is 3.01. The molecule has 1 N–H and O–H groups in total. The Labute approximate surface area is 151 Å². The molecule has 0 unspecified atom stereocenters. The van der Waals surface area contributed by atoms with Gasteiger partial charge in [-0.25, -0.2) is 8.42 Å². The number of nitrogens with one attached hydrogen (secondary N) is 1. The summed E-state index contributed by atoms with van der Waals surface area (Å²) in [5.41, 5.74) is 1.56. The Morgan fingerprint density at radius 1 is 1.04 bits per heavy atom. The van der Waals surface area contributed by atoms with Crippen molar-refractivity contribution >= 4 is 38.1 Å². The molecule has 0 aliphatic carbocycles. The minimum Gasteiger partial charge on any atom is -0.321 e. The van der Waals surface area contributed by atoms with Gasteiger partial charge in [0, 0.05) is 23.8 Å². The Morgan fingerprint density at radius 3 is 2.54 bits per heavy atom. The van der Waals surface area contributed by atoms with Crippen molar-refractivity contribution < 1.29 is 13.2 Å². The van der Waals surface area contributed by atoms with Crippen molar-refractivity contribution in [3.63, 3.8) is 0 Å². The lowest BCUT2D eigenvalue weighted by molar-refractivity contribution is 0.102. The van der Waals surface area contributed by atoms with Crippen LogP contribution in [-0.4, -0.2) is 31.6 Å². The molecule has 1 fully saturated rings. The van der Waals surface area contributed by atoms with Crippen molar-refractivity contribution in [2.24, 2.45) is 0 Å². The highest BCUT2D eigenvalue weighted by atomic mass is 32.2. The topological polar surface area (TPSA) is 79.4 Å². The molecule has 1 amide bonds. The number of anilines is 2. The molecule has 0 saturated carbocycles. The number of nitrogens with zero attached hydrogens (tertiary/aromatic N) is 2. The number of hydrogen-bond acceptors (Lipinski definition) is 4. The number of rotatable bonds is 3. The van der Waals surface area contributed by atoms with Gasteiger partial charge in [0.25, 0.3) is 5.91 Å². The van der Waals surface area contributed by atoms with E-state index < -0.39 is 10.0 Å². The van der Waals surface area contributed by atoms with Crippen LogP contribution in [0.3, 0.4) is 0 Å². The van der Waals surface area contributed by atoms with E-state index in [1.54, 1.807) is 30.5 Å². The summed E-state index contributed by atoms with van der Waals surface area (Å²) in [7, 11) is -3.21. The minimum absolute atomic E-state index is 0.179. The monoisotopic (exact) mass is 367 g/mol. The second-order valence-corrected chi connectivity index (χ2v) is 8.14. The van der Waals surface area contributed by atoms with Crippen molar-refractivity contribution in [2.45, 2.75) is 6.42 Å². The van der Waals surface area contributed by atoms with Gasteiger partial charge in [-0.3, -0.25) is 14.1 Å². The van der Waals surface area contributed by atoms with Gasteiger partial charge in [-0.15, -0.1) is 0 Å². The summed E-state index contributed by atoms with van der Waals surface area (Å²) < 4.78 is 25.4. The van der Waals surface area contributed by atoms with E-state index in [9.17, 15) is 13.2 Å². The molecule has 26 heavy (non-hydrogen) atoms. The number of fused-ring (bicyclic) bond motifs is 1. The van der Waals surface area contributed by atoms with Crippen molar-refractivity contribution in [2.75, 3.05) is 21.9 Å². The normalized spacial score (nSPS) is 15.9. The summed E-state index contributed by atoms with van der Waals surface area (Å²) in [6.07, 6.45) is 2.24. The van der Waals surface area contributed by atoms with Crippen LogP contribution in [0, 0.1) is 0 Å². The molecule has 132 valence electrons. The predicted octanol–water partition coefficient (Wildman–Crippen LogP) is 3.03. The number of benzene rings is 2. The molecule has 1 saturated heterocycles. The predicted molar refractivity (Wildman–Crippen MR) is 102 cm³/mol. The quantitative estimate of drug-likeness (QED) is 0.772. The summed E-state index contributed by atoms with van der Waals surface area (Å²) in [6, 6.07) is 16.2. The van der Waals surface area contributed by atoms with Gasteiger partial charge in [0.15, 0.2) is 0 Å². The van der Waals surface area contributed by atoms with Gasteiger partial charge >= 0.3 is 0 Å². The molecule has 1 aromatic heterocycles. The third-order valence-electron chi connectivity index (χ3n) is 4.40. The molecule has 6 nitrogen and oxygen atoms in total. The highest BCUT2D eigenvalue weighted by Gasteiger charge is 2.28. The van der Waals surface area contributed by atoms with Crippen LogP contribution in [0.2, 0.25) is 0 Å². The van der Waals surface area contributed by atoms with Crippen molar-refractivity contribution in [3.05, 3.63) is 66.5 Å². The fourth-order valence-corrected chi connectivity index (χ4v) is 4.70. The molecule has 0 bridgehead atoms. The maximum Gasteiger partial charge on any atom is 0.274 e.